The number of aliphatic imine (C=N–C) groups is 1. The third-order valence-corrected chi connectivity index (χ3v) is 4.92. The summed E-state index contributed by atoms with van der Waals surface area (Å²) in [6.07, 6.45) is 1.50. The molecule has 2 aliphatic heterocycles. The first kappa shape index (κ1) is 16.8. The Kier molecular flexibility index (Phi) is 3.87. The van der Waals surface area contributed by atoms with Crippen LogP contribution in [0.4, 0.5) is 17.2 Å². The zero-order chi connectivity index (χ0) is 18.5. The Morgan fingerprint density at radius 3 is 2.69 bits per heavy atom. The second kappa shape index (κ2) is 5.98. The van der Waals surface area contributed by atoms with Crippen molar-refractivity contribution in [1.82, 2.24) is 14.9 Å². The maximum Gasteiger partial charge on any atom is 0.289 e. The van der Waals surface area contributed by atoms with Gasteiger partial charge in [-0.05, 0) is 40.1 Å². The minimum absolute atomic E-state index is 0.214. The number of hydrogen-bond donors (Lipinski definition) is 2. The highest BCUT2D eigenvalue weighted by Crippen LogP contribution is 2.39. The van der Waals surface area contributed by atoms with Crippen LogP contribution in [-0.4, -0.2) is 66.3 Å². The van der Waals surface area contributed by atoms with Crippen molar-refractivity contribution in [3.8, 4) is 0 Å². The molecule has 0 atom stereocenters. The molecule has 2 aliphatic rings. The van der Waals surface area contributed by atoms with Gasteiger partial charge in [-0.1, -0.05) is 0 Å². The summed E-state index contributed by atoms with van der Waals surface area (Å²) in [6.45, 7) is 6.51. The number of rotatable bonds is 3. The van der Waals surface area contributed by atoms with Gasteiger partial charge in [0.25, 0.3) is 6.02 Å². The fourth-order valence-corrected chi connectivity index (χ4v) is 3.32. The Labute approximate surface area is 153 Å². The second-order valence-electron chi connectivity index (χ2n) is 7.78. The van der Waals surface area contributed by atoms with E-state index in [9.17, 15) is 0 Å². The number of fused-ring (bicyclic) bond motifs is 1. The van der Waals surface area contributed by atoms with Gasteiger partial charge < -0.3 is 25.6 Å². The van der Waals surface area contributed by atoms with E-state index in [1.165, 1.54) is 6.33 Å². The quantitative estimate of drug-likeness (QED) is 0.863. The molecular weight excluding hydrogens is 330 g/mol. The summed E-state index contributed by atoms with van der Waals surface area (Å²) >= 11 is 0. The first-order valence-corrected chi connectivity index (χ1v) is 8.78. The van der Waals surface area contributed by atoms with E-state index >= 15 is 0 Å². The third-order valence-electron chi connectivity index (χ3n) is 4.92. The molecular formula is C18H25N7O. The summed E-state index contributed by atoms with van der Waals surface area (Å²) in [7, 11) is 4.20. The van der Waals surface area contributed by atoms with Crippen LogP contribution in [0.5, 0.6) is 0 Å². The highest BCUT2D eigenvalue weighted by atomic mass is 16.5. The zero-order valence-electron chi connectivity index (χ0n) is 15.7. The number of nitrogens with zero attached hydrogens (tertiary/aromatic N) is 5. The molecule has 0 bridgehead atoms. The molecule has 8 nitrogen and oxygen atoms in total. The van der Waals surface area contributed by atoms with Crippen molar-refractivity contribution in [1.29, 1.82) is 0 Å². The van der Waals surface area contributed by atoms with Gasteiger partial charge in [-0.25, -0.2) is 15.0 Å². The van der Waals surface area contributed by atoms with E-state index in [2.05, 4.69) is 44.2 Å². The van der Waals surface area contributed by atoms with Gasteiger partial charge in [0.1, 0.15) is 18.8 Å². The number of ether oxygens (including phenoxy) is 1. The minimum Gasteiger partial charge on any atom is -0.462 e. The molecule has 0 radical (unpaired) electrons. The summed E-state index contributed by atoms with van der Waals surface area (Å²) in [5.41, 5.74) is 8.75. The van der Waals surface area contributed by atoms with Crippen LogP contribution in [0.2, 0.25) is 0 Å². The predicted molar refractivity (Wildman–Crippen MR) is 105 cm³/mol. The predicted octanol–water partition coefficient (Wildman–Crippen LogP) is 1.54. The number of anilines is 3. The van der Waals surface area contributed by atoms with Crippen molar-refractivity contribution in [2.24, 2.45) is 4.99 Å². The molecule has 0 saturated carbocycles. The molecule has 0 aliphatic carbocycles. The van der Waals surface area contributed by atoms with E-state index < -0.39 is 0 Å². The Hall–Kier alpha value is -2.61. The Bertz CT molecular complexity index is 871. The largest absolute Gasteiger partial charge is 0.462 e. The Morgan fingerprint density at radius 2 is 2.04 bits per heavy atom. The van der Waals surface area contributed by atoms with Gasteiger partial charge in [-0.3, -0.25) is 0 Å². The van der Waals surface area contributed by atoms with Gasteiger partial charge >= 0.3 is 0 Å². The topological polar surface area (TPSA) is 91.9 Å². The van der Waals surface area contributed by atoms with Crippen LogP contribution in [0, 0.1) is 0 Å². The van der Waals surface area contributed by atoms with Crippen molar-refractivity contribution in [2.75, 3.05) is 49.7 Å². The van der Waals surface area contributed by atoms with Gasteiger partial charge in [-0.2, -0.15) is 0 Å². The van der Waals surface area contributed by atoms with Crippen LogP contribution < -0.4 is 16.0 Å². The van der Waals surface area contributed by atoms with Crippen molar-refractivity contribution in [2.45, 2.75) is 25.4 Å². The average Bonchev–Trinajstić information content (AvgIpc) is 2.86. The summed E-state index contributed by atoms with van der Waals surface area (Å²) in [5.74, 6) is 0.483. The molecule has 3 N–H and O–H groups in total. The lowest BCUT2D eigenvalue weighted by atomic mass is 10.0. The van der Waals surface area contributed by atoms with Gasteiger partial charge in [0, 0.05) is 19.1 Å². The lowest BCUT2D eigenvalue weighted by molar-refractivity contribution is 0.247. The number of hydrogen-bond acceptors (Lipinski definition) is 8. The average molecular weight is 355 g/mol. The zero-order valence-corrected chi connectivity index (χ0v) is 15.7. The van der Waals surface area contributed by atoms with Gasteiger partial charge in [0.15, 0.2) is 0 Å². The maximum atomic E-state index is 6.21. The molecule has 138 valence electrons. The molecule has 1 saturated heterocycles. The van der Waals surface area contributed by atoms with Crippen LogP contribution in [0.25, 0.3) is 10.9 Å². The second-order valence-corrected chi connectivity index (χ2v) is 7.78. The molecule has 1 aromatic heterocycles. The van der Waals surface area contributed by atoms with E-state index in [0.29, 0.717) is 24.5 Å². The maximum absolute atomic E-state index is 6.21. The van der Waals surface area contributed by atoms with Gasteiger partial charge in [-0.15, -0.1) is 0 Å². The van der Waals surface area contributed by atoms with Crippen molar-refractivity contribution in [3.05, 3.63) is 18.5 Å². The number of nitrogens with one attached hydrogen (secondary N) is 1. The highest BCUT2D eigenvalue weighted by Gasteiger charge is 2.33. The smallest absolute Gasteiger partial charge is 0.289 e. The Balaban J connectivity index is 1.75. The van der Waals surface area contributed by atoms with Crippen molar-refractivity contribution < 1.29 is 4.74 Å². The van der Waals surface area contributed by atoms with E-state index in [-0.39, 0.29) is 5.54 Å². The standard InChI is InChI=1S/C18H25N7O/c1-18(2)9-26-17(23-18)22-13-6-5-12-14(16(19)21-10-20-12)15(13)25-7-11(8-25)24(3)4/h5-6,10-11H,7-9H2,1-4H3,(H,22,23)(H2,19,20,21). The fourth-order valence-electron chi connectivity index (χ4n) is 3.32. The van der Waals surface area contributed by atoms with Crippen molar-refractivity contribution in [3.63, 3.8) is 0 Å². The molecule has 0 amide bonds. The molecule has 1 aromatic carbocycles. The van der Waals surface area contributed by atoms with E-state index in [1.807, 2.05) is 26.0 Å². The van der Waals surface area contributed by atoms with Crippen LogP contribution in [0.3, 0.4) is 0 Å². The molecule has 3 heterocycles. The number of aromatic nitrogens is 2. The normalized spacial score (nSPS) is 19.4. The van der Waals surface area contributed by atoms with E-state index in [4.69, 9.17) is 10.5 Å². The SMILES string of the molecule is CN(C)C1CN(c2c(NC3=NC(C)(C)CO3)ccc3ncnc(N)c23)C1. The lowest BCUT2D eigenvalue weighted by Crippen LogP contribution is -2.57. The number of nitrogen functional groups attached to an aromatic ring is 1. The van der Waals surface area contributed by atoms with Crippen LogP contribution in [0.1, 0.15) is 13.8 Å². The first-order chi connectivity index (χ1) is 12.3. The summed E-state index contributed by atoms with van der Waals surface area (Å²) in [6, 6.07) is 5.01. The molecule has 0 spiro atoms. The monoisotopic (exact) mass is 355 g/mol. The summed E-state index contributed by atoms with van der Waals surface area (Å²) < 4.78 is 5.71. The molecule has 2 aromatic rings. The number of likely N-dealkylation sites (N-methyl/N-ethyl adjacent to an activating group) is 1. The van der Waals surface area contributed by atoms with Crippen LogP contribution in [-0.2, 0) is 4.74 Å². The molecule has 8 heteroatoms. The van der Waals surface area contributed by atoms with Crippen LogP contribution >= 0.6 is 0 Å². The number of nitrogens with two attached hydrogens (primary N) is 1. The first-order valence-electron chi connectivity index (χ1n) is 8.78. The van der Waals surface area contributed by atoms with E-state index in [0.717, 1.165) is 35.4 Å². The minimum atomic E-state index is -0.214. The Morgan fingerprint density at radius 1 is 1.27 bits per heavy atom. The van der Waals surface area contributed by atoms with Crippen molar-refractivity contribution >= 4 is 34.1 Å². The fraction of sp³-hybridized carbons (Fsp3) is 0.500. The summed E-state index contributed by atoms with van der Waals surface area (Å²) in [4.78, 5) is 17.7. The van der Waals surface area contributed by atoms with Crippen LogP contribution in [0.15, 0.2) is 23.5 Å². The highest BCUT2D eigenvalue weighted by molar-refractivity contribution is 6.08. The van der Waals surface area contributed by atoms with Gasteiger partial charge in [0.2, 0.25) is 0 Å². The number of benzene rings is 1. The lowest BCUT2D eigenvalue weighted by Gasteiger charge is -2.45. The molecule has 1 fully saturated rings. The number of amidine groups is 1. The molecule has 4 rings (SSSR count). The van der Waals surface area contributed by atoms with E-state index in [1.54, 1.807) is 0 Å². The third kappa shape index (κ3) is 2.90. The molecule has 26 heavy (non-hydrogen) atoms. The molecule has 0 unspecified atom stereocenters. The summed E-state index contributed by atoms with van der Waals surface area (Å²) in [5, 5.41) is 4.21. The van der Waals surface area contributed by atoms with Gasteiger partial charge in [0.05, 0.1) is 27.8 Å².